The number of methoxy groups -OCH3 is 1. The van der Waals surface area contributed by atoms with Gasteiger partial charge in [-0.05, 0) is 42.5 Å². The number of amides is 1. The van der Waals surface area contributed by atoms with Crippen LogP contribution in [0.25, 0.3) is 11.1 Å². The molecule has 3 rings (SSSR count). The predicted molar refractivity (Wildman–Crippen MR) is 106 cm³/mol. The summed E-state index contributed by atoms with van der Waals surface area (Å²) in [6, 6.07) is 11.4. The van der Waals surface area contributed by atoms with Crippen LogP contribution in [0.15, 0.2) is 48.7 Å². The standard InChI is InChI=1S/C19H13Cl3N2O3/c1-26-17-5-10(18(23)25)2-3-15(17)11-4-16(22)19(24-9-11)27-14-7-12(20)6-13(21)8-14/h2-9H,1H3,(H2,23,25). The summed E-state index contributed by atoms with van der Waals surface area (Å²) in [5.41, 5.74) is 7.03. The number of nitrogens with zero attached hydrogens (tertiary/aromatic N) is 1. The fourth-order valence-corrected chi connectivity index (χ4v) is 3.14. The maximum Gasteiger partial charge on any atom is 0.248 e. The van der Waals surface area contributed by atoms with Crippen LogP contribution in [0.4, 0.5) is 0 Å². The second-order valence-electron chi connectivity index (χ2n) is 5.50. The summed E-state index contributed by atoms with van der Waals surface area (Å²) in [6.07, 6.45) is 1.58. The van der Waals surface area contributed by atoms with E-state index in [0.29, 0.717) is 38.2 Å². The molecule has 3 aromatic rings. The highest BCUT2D eigenvalue weighted by molar-refractivity contribution is 6.35. The van der Waals surface area contributed by atoms with Crippen molar-refractivity contribution in [3.63, 3.8) is 0 Å². The van der Waals surface area contributed by atoms with E-state index in [-0.39, 0.29) is 10.9 Å². The van der Waals surface area contributed by atoms with E-state index in [0.717, 1.165) is 0 Å². The first kappa shape index (κ1) is 19.3. The van der Waals surface area contributed by atoms with Gasteiger partial charge in [0.25, 0.3) is 0 Å². The van der Waals surface area contributed by atoms with Crippen LogP contribution < -0.4 is 15.2 Å². The molecule has 2 aromatic carbocycles. The lowest BCUT2D eigenvalue weighted by molar-refractivity contribution is 0.1000. The van der Waals surface area contributed by atoms with E-state index in [9.17, 15) is 4.79 Å². The van der Waals surface area contributed by atoms with E-state index >= 15 is 0 Å². The van der Waals surface area contributed by atoms with E-state index in [1.54, 1.807) is 48.7 Å². The number of primary amides is 1. The van der Waals surface area contributed by atoms with Gasteiger partial charge in [-0.3, -0.25) is 4.79 Å². The molecule has 0 fully saturated rings. The Labute approximate surface area is 170 Å². The number of ether oxygens (including phenoxy) is 2. The fourth-order valence-electron chi connectivity index (χ4n) is 2.43. The van der Waals surface area contributed by atoms with Gasteiger partial charge in [0.1, 0.15) is 16.5 Å². The molecule has 1 heterocycles. The SMILES string of the molecule is COc1cc(C(N)=O)ccc1-c1cnc(Oc2cc(Cl)cc(Cl)c2)c(Cl)c1. The third-order valence-corrected chi connectivity index (χ3v) is 4.36. The Kier molecular flexibility index (Phi) is 5.75. The molecule has 5 nitrogen and oxygen atoms in total. The van der Waals surface area contributed by atoms with Crippen molar-refractivity contribution in [2.75, 3.05) is 7.11 Å². The van der Waals surface area contributed by atoms with Crippen LogP contribution in [0.2, 0.25) is 15.1 Å². The summed E-state index contributed by atoms with van der Waals surface area (Å²) < 4.78 is 11.0. The number of carbonyl (C=O) groups excluding carboxylic acids is 1. The maximum atomic E-state index is 11.3. The van der Waals surface area contributed by atoms with Crippen LogP contribution in [0.1, 0.15) is 10.4 Å². The number of nitrogens with two attached hydrogens (primary N) is 1. The van der Waals surface area contributed by atoms with E-state index in [2.05, 4.69) is 4.98 Å². The van der Waals surface area contributed by atoms with Crippen molar-refractivity contribution in [1.82, 2.24) is 4.98 Å². The van der Waals surface area contributed by atoms with Gasteiger partial charge in [-0.2, -0.15) is 0 Å². The Hall–Kier alpha value is -2.47. The number of pyridine rings is 1. The van der Waals surface area contributed by atoms with Gasteiger partial charge < -0.3 is 15.2 Å². The molecule has 8 heteroatoms. The third kappa shape index (κ3) is 4.45. The Morgan fingerprint density at radius 1 is 1.04 bits per heavy atom. The number of rotatable bonds is 5. The van der Waals surface area contributed by atoms with Crippen molar-refractivity contribution >= 4 is 40.7 Å². The Balaban J connectivity index is 1.94. The van der Waals surface area contributed by atoms with E-state index < -0.39 is 5.91 Å². The Morgan fingerprint density at radius 2 is 1.74 bits per heavy atom. The van der Waals surface area contributed by atoms with Crippen molar-refractivity contribution in [2.45, 2.75) is 0 Å². The largest absolute Gasteiger partial charge is 0.496 e. The number of aromatic nitrogens is 1. The lowest BCUT2D eigenvalue weighted by Gasteiger charge is -2.12. The Morgan fingerprint density at radius 3 is 2.33 bits per heavy atom. The maximum absolute atomic E-state index is 11.3. The lowest BCUT2D eigenvalue weighted by atomic mass is 10.0. The number of halogens is 3. The van der Waals surface area contributed by atoms with Gasteiger partial charge in [-0.1, -0.05) is 34.8 Å². The zero-order chi connectivity index (χ0) is 19.6. The molecule has 0 unspecified atom stereocenters. The molecule has 0 saturated heterocycles. The average molecular weight is 424 g/mol. The molecule has 0 radical (unpaired) electrons. The van der Waals surface area contributed by atoms with E-state index in [1.807, 2.05) is 0 Å². The number of hydrogen-bond donors (Lipinski definition) is 1. The highest BCUT2D eigenvalue weighted by Gasteiger charge is 2.13. The van der Waals surface area contributed by atoms with Gasteiger partial charge in [0, 0.05) is 32.9 Å². The van der Waals surface area contributed by atoms with Gasteiger partial charge in [0.05, 0.1) is 7.11 Å². The van der Waals surface area contributed by atoms with Crippen LogP contribution in [0, 0.1) is 0 Å². The minimum Gasteiger partial charge on any atom is -0.496 e. The van der Waals surface area contributed by atoms with Crippen molar-refractivity contribution in [2.24, 2.45) is 5.73 Å². The second-order valence-corrected chi connectivity index (χ2v) is 6.78. The monoisotopic (exact) mass is 422 g/mol. The van der Waals surface area contributed by atoms with Crippen molar-refractivity contribution < 1.29 is 14.3 Å². The molecule has 0 bridgehead atoms. The number of carbonyl (C=O) groups is 1. The van der Waals surface area contributed by atoms with Gasteiger partial charge >= 0.3 is 0 Å². The minimum absolute atomic E-state index is 0.200. The van der Waals surface area contributed by atoms with Crippen LogP contribution in [0.5, 0.6) is 17.4 Å². The molecular formula is C19H13Cl3N2O3. The van der Waals surface area contributed by atoms with Crippen molar-refractivity contribution in [3.8, 4) is 28.5 Å². The molecule has 0 spiro atoms. The highest BCUT2D eigenvalue weighted by atomic mass is 35.5. The van der Waals surface area contributed by atoms with Crippen molar-refractivity contribution in [1.29, 1.82) is 0 Å². The van der Waals surface area contributed by atoms with E-state index in [1.165, 1.54) is 7.11 Å². The van der Waals surface area contributed by atoms with Gasteiger partial charge in [-0.25, -0.2) is 4.98 Å². The fraction of sp³-hybridized carbons (Fsp3) is 0.0526. The van der Waals surface area contributed by atoms with Gasteiger partial charge in [-0.15, -0.1) is 0 Å². The van der Waals surface area contributed by atoms with E-state index in [4.69, 9.17) is 50.0 Å². The summed E-state index contributed by atoms with van der Waals surface area (Å²) in [5.74, 6) is 0.545. The first-order valence-corrected chi connectivity index (χ1v) is 8.78. The minimum atomic E-state index is -0.542. The van der Waals surface area contributed by atoms with Crippen LogP contribution >= 0.6 is 34.8 Å². The average Bonchev–Trinajstić information content (AvgIpc) is 2.62. The third-order valence-electron chi connectivity index (χ3n) is 3.66. The number of benzene rings is 2. The zero-order valence-electron chi connectivity index (χ0n) is 14.0. The summed E-state index contributed by atoms with van der Waals surface area (Å²) in [5, 5.41) is 1.15. The molecule has 2 N–H and O–H groups in total. The zero-order valence-corrected chi connectivity index (χ0v) is 16.3. The molecule has 0 aliphatic carbocycles. The van der Waals surface area contributed by atoms with Gasteiger partial charge in [0.2, 0.25) is 11.8 Å². The topological polar surface area (TPSA) is 74.4 Å². The molecule has 138 valence electrons. The predicted octanol–water partition coefficient (Wildman–Crippen LogP) is 5.61. The quantitative estimate of drug-likeness (QED) is 0.579. The normalized spacial score (nSPS) is 10.5. The molecule has 0 atom stereocenters. The molecule has 0 saturated carbocycles. The van der Waals surface area contributed by atoms with Crippen LogP contribution in [0.3, 0.4) is 0 Å². The first-order chi connectivity index (χ1) is 12.9. The molecular weight excluding hydrogens is 411 g/mol. The molecule has 0 aliphatic rings. The molecule has 27 heavy (non-hydrogen) atoms. The number of hydrogen-bond acceptors (Lipinski definition) is 4. The molecule has 0 aliphatic heterocycles. The summed E-state index contributed by atoms with van der Waals surface area (Å²) in [6.45, 7) is 0. The smallest absolute Gasteiger partial charge is 0.248 e. The van der Waals surface area contributed by atoms with Crippen LogP contribution in [-0.2, 0) is 0 Å². The Bertz CT molecular complexity index is 1000. The highest BCUT2D eigenvalue weighted by Crippen LogP contribution is 2.36. The molecule has 1 amide bonds. The van der Waals surface area contributed by atoms with Crippen molar-refractivity contribution in [3.05, 3.63) is 69.3 Å². The summed E-state index contributed by atoms with van der Waals surface area (Å²) in [7, 11) is 1.50. The first-order valence-electron chi connectivity index (χ1n) is 7.65. The lowest BCUT2D eigenvalue weighted by Crippen LogP contribution is -2.10. The molecule has 1 aromatic heterocycles. The van der Waals surface area contributed by atoms with Crippen LogP contribution in [-0.4, -0.2) is 18.0 Å². The summed E-state index contributed by atoms with van der Waals surface area (Å²) in [4.78, 5) is 15.6. The second kappa shape index (κ2) is 8.05. The summed E-state index contributed by atoms with van der Waals surface area (Å²) >= 11 is 18.2. The van der Waals surface area contributed by atoms with Gasteiger partial charge in [0.15, 0.2) is 0 Å².